The molecule has 0 N–H and O–H groups in total. The molecular formula is C55H107NO8. The second kappa shape index (κ2) is 47.8. The lowest BCUT2D eigenvalue weighted by molar-refractivity contribution is -0.870. The molecule has 0 aliphatic rings. The minimum atomic E-state index is -1.61. The molecule has 0 aromatic rings. The third kappa shape index (κ3) is 48.2. The molecule has 0 aliphatic carbocycles. The fraction of sp³-hybridized carbons (Fsp3) is 0.945. The van der Waals surface area contributed by atoms with E-state index in [9.17, 15) is 19.5 Å². The van der Waals surface area contributed by atoms with E-state index in [0.717, 1.165) is 38.5 Å². The zero-order valence-electron chi connectivity index (χ0n) is 43.2. The van der Waals surface area contributed by atoms with E-state index < -0.39 is 24.3 Å². The Labute approximate surface area is 396 Å². The highest BCUT2D eigenvalue weighted by atomic mass is 16.7. The van der Waals surface area contributed by atoms with Crippen LogP contribution in [0.1, 0.15) is 277 Å². The number of hydrogen-bond donors (Lipinski definition) is 0. The first-order valence-electron chi connectivity index (χ1n) is 27.7. The normalized spacial score (nSPS) is 12.7. The summed E-state index contributed by atoms with van der Waals surface area (Å²) < 4.78 is 22.7. The number of unbranched alkanes of at least 4 members (excludes halogenated alkanes) is 37. The number of aliphatic carboxylic acids is 1. The molecule has 9 nitrogen and oxygen atoms in total. The van der Waals surface area contributed by atoms with Gasteiger partial charge in [-0.15, -0.1) is 0 Å². The van der Waals surface area contributed by atoms with Crippen molar-refractivity contribution in [2.75, 3.05) is 47.5 Å². The van der Waals surface area contributed by atoms with Gasteiger partial charge in [-0.05, 0) is 12.8 Å². The van der Waals surface area contributed by atoms with Gasteiger partial charge in [-0.3, -0.25) is 9.59 Å². The van der Waals surface area contributed by atoms with Crippen LogP contribution in [0.25, 0.3) is 0 Å². The van der Waals surface area contributed by atoms with E-state index in [0.29, 0.717) is 17.4 Å². The molecule has 0 spiro atoms. The summed E-state index contributed by atoms with van der Waals surface area (Å²) in [5.74, 6) is -2.25. The van der Waals surface area contributed by atoms with Gasteiger partial charge in [-0.25, -0.2) is 0 Å². The van der Waals surface area contributed by atoms with Crippen molar-refractivity contribution in [3.63, 3.8) is 0 Å². The smallest absolute Gasteiger partial charge is 0.306 e. The number of rotatable bonds is 52. The van der Waals surface area contributed by atoms with Gasteiger partial charge in [0.2, 0.25) is 0 Å². The Balaban J connectivity index is 4.23. The molecule has 0 rings (SSSR count). The standard InChI is InChI=1S/C55H107NO8/c1-6-8-10-12-14-16-18-20-22-24-26-28-30-32-34-36-38-40-42-44-46-53(58)64-51(50-63-55(54(59)60)61-48-47-56(3,4)5)49-62-52(57)45-43-41-39-37-35-33-31-29-27-25-23-21-19-17-15-13-11-9-7-2/h51,55H,6-50H2,1-5H3. The van der Waals surface area contributed by atoms with Crippen molar-refractivity contribution in [2.24, 2.45) is 0 Å². The zero-order chi connectivity index (χ0) is 47.0. The first kappa shape index (κ1) is 62.3. The van der Waals surface area contributed by atoms with Gasteiger partial charge in [-0.1, -0.05) is 251 Å². The minimum absolute atomic E-state index is 0.153. The third-order valence-electron chi connectivity index (χ3n) is 12.6. The van der Waals surface area contributed by atoms with Gasteiger partial charge in [-0.2, -0.15) is 0 Å². The van der Waals surface area contributed by atoms with Crippen LogP contribution in [0, 0.1) is 0 Å². The third-order valence-corrected chi connectivity index (χ3v) is 12.6. The van der Waals surface area contributed by atoms with Crippen LogP contribution in [0.15, 0.2) is 0 Å². The molecule has 64 heavy (non-hydrogen) atoms. The quantitative estimate of drug-likeness (QED) is 0.0257. The number of carbonyl (C=O) groups excluding carboxylic acids is 3. The number of hydrogen-bond acceptors (Lipinski definition) is 8. The molecule has 380 valence electrons. The average Bonchev–Trinajstić information content (AvgIpc) is 3.26. The number of carbonyl (C=O) groups is 3. The van der Waals surface area contributed by atoms with Crippen molar-refractivity contribution >= 4 is 17.9 Å². The van der Waals surface area contributed by atoms with Crippen molar-refractivity contribution in [1.82, 2.24) is 0 Å². The number of ether oxygens (including phenoxy) is 4. The summed E-state index contributed by atoms with van der Waals surface area (Å²) in [4.78, 5) is 37.2. The molecule has 0 saturated heterocycles. The van der Waals surface area contributed by atoms with Gasteiger partial charge in [0.15, 0.2) is 12.4 Å². The maximum atomic E-state index is 12.8. The van der Waals surface area contributed by atoms with E-state index in [1.54, 1.807) is 0 Å². The largest absolute Gasteiger partial charge is 0.545 e. The number of carboxylic acid groups (broad SMARTS) is 1. The summed E-state index contributed by atoms with van der Waals surface area (Å²) in [5.41, 5.74) is 0. The summed E-state index contributed by atoms with van der Waals surface area (Å²) >= 11 is 0. The van der Waals surface area contributed by atoms with Gasteiger partial charge in [0.1, 0.15) is 13.2 Å². The van der Waals surface area contributed by atoms with Crippen LogP contribution in [-0.4, -0.2) is 82.3 Å². The Morgan fingerprint density at radius 1 is 0.406 bits per heavy atom. The van der Waals surface area contributed by atoms with E-state index in [1.807, 2.05) is 21.1 Å². The molecule has 0 saturated carbocycles. The summed E-state index contributed by atoms with van der Waals surface area (Å²) in [5, 5.41) is 11.7. The molecule has 0 aromatic heterocycles. The predicted molar refractivity (Wildman–Crippen MR) is 265 cm³/mol. The number of likely N-dealkylation sites (N-methyl/N-ethyl adjacent to an activating group) is 1. The lowest BCUT2D eigenvalue weighted by Gasteiger charge is -2.26. The van der Waals surface area contributed by atoms with E-state index in [-0.39, 0.29) is 32.2 Å². The predicted octanol–water partition coefficient (Wildman–Crippen LogP) is 14.3. The van der Waals surface area contributed by atoms with Crippen molar-refractivity contribution in [3.05, 3.63) is 0 Å². The summed E-state index contributed by atoms with van der Waals surface area (Å²) in [6, 6.07) is 0. The van der Waals surface area contributed by atoms with Gasteiger partial charge in [0, 0.05) is 12.8 Å². The summed E-state index contributed by atoms with van der Waals surface area (Å²) in [7, 11) is 5.93. The molecule has 0 radical (unpaired) electrons. The molecule has 2 unspecified atom stereocenters. The highest BCUT2D eigenvalue weighted by Crippen LogP contribution is 2.17. The van der Waals surface area contributed by atoms with Crippen LogP contribution in [0.5, 0.6) is 0 Å². The van der Waals surface area contributed by atoms with Gasteiger partial charge in [0.05, 0.1) is 40.3 Å². The lowest BCUT2D eigenvalue weighted by atomic mass is 10.0. The molecule has 0 fully saturated rings. The topological polar surface area (TPSA) is 111 Å². The molecule has 0 aliphatic heterocycles. The molecule has 0 heterocycles. The SMILES string of the molecule is CCCCCCCCCCCCCCCCCCCCCCC(=O)OC(COC(=O)CCCCCCCCCCCCCCCCCCCCC)COC(OCC[N+](C)(C)C)C(=O)[O-]. The van der Waals surface area contributed by atoms with Crippen LogP contribution in [0.4, 0.5) is 0 Å². The monoisotopic (exact) mass is 910 g/mol. The van der Waals surface area contributed by atoms with Crippen LogP contribution in [0.2, 0.25) is 0 Å². The average molecular weight is 910 g/mol. The van der Waals surface area contributed by atoms with Gasteiger partial charge >= 0.3 is 11.9 Å². The summed E-state index contributed by atoms with van der Waals surface area (Å²) in [6.45, 7) is 4.81. The molecule has 2 atom stereocenters. The van der Waals surface area contributed by atoms with E-state index in [4.69, 9.17) is 18.9 Å². The Morgan fingerprint density at radius 3 is 1.00 bits per heavy atom. The maximum absolute atomic E-state index is 12.8. The van der Waals surface area contributed by atoms with Crippen LogP contribution >= 0.6 is 0 Å². The van der Waals surface area contributed by atoms with Crippen LogP contribution < -0.4 is 5.11 Å². The van der Waals surface area contributed by atoms with Gasteiger partial charge < -0.3 is 33.3 Å². The second-order valence-corrected chi connectivity index (χ2v) is 20.2. The van der Waals surface area contributed by atoms with E-state index >= 15 is 0 Å². The lowest BCUT2D eigenvalue weighted by Crippen LogP contribution is -2.44. The van der Waals surface area contributed by atoms with Crippen LogP contribution in [0.3, 0.4) is 0 Å². The van der Waals surface area contributed by atoms with Crippen molar-refractivity contribution in [2.45, 2.75) is 289 Å². The highest BCUT2D eigenvalue weighted by Gasteiger charge is 2.22. The number of carboxylic acids is 1. The number of quaternary nitrogens is 1. The maximum Gasteiger partial charge on any atom is 0.306 e. The van der Waals surface area contributed by atoms with E-state index in [2.05, 4.69) is 13.8 Å². The molecule has 9 heteroatoms. The van der Waals surface area contributed by atoms with Crippen molar-refractivity contribution < 1.29 is 42.9 Å². The molecule has 0 amide bonds. The zero-order valence-corrected chi connectivity index (χ0v) is 43.2. The number of esters is 2. The highest BCUT2D eigenvalue weighted by molar-refractivity contribution is 5.70. The Hall–Kier alpha value is -1.71. The van der Waals surface area contributed by atoms with Crippen molar-refractivity contribution in [1.29, 1.82) is 0 Å². The first-order valence-corrected chi connectivity index (χ1v) is 27.7. The molecular weight excluding hydrogens is 803 g/mol. The molecule has 0 aromatic carbocycles. The van der Waals surface area contributed by atoms with E-state index in [1.165, 1.54) is 212 Å². The fourth-order valence-corrected chi connectivity index (χ4v) is 8.30. The Kier molecular flexibility index (Phi) is 46.5. The fourth-order valence-electron chi connectivity index (χ4n) is 8.30. The second-order valence-electron chi connectivity index (χ2n) is 20.2. The summed E-state index contributed by atoms with van der Waals surface area (Å²) in [6.07, 6.45) is 48.5. The van der Waals surface area contributed by atoms with Crippen molar-refractivity contribution in [3.8, 4) is 0 Å². The first-order chi connectivity index (χ1) is 31.1. The minimum Gasteiger partial charge on any atom is -0.545 e. The Morgan fingerprint density at radius 2 is 0.703 bits per heavy atom. The van der Waals surface area contributed by atoms with Crippen LogP contribution in [-0.2, 0) is 33.3 Å². The van der Waals surface area contributed by atoms with Gasteiger partial charge in [0.25, 0.3) is 0 Å². The Bertz CT molecular complexity index is 1020. The number of nitrogens with zero attached hydrogens (tertiary/aromatic N) is 1. The molecule has 0 bridgehead atoms.